The second-order valence-corrected chi connectivity index (χ2v) is 8.98. The van der Waals surface area contributed by atoms with Gasteiger partial charge in [-0.05, 0) is 60.3 Å². The Bertz CT molecular complexity index is 783. The first-order valence-corrected chi connectivity index (χ1v) is 10.5. The van der Waals surface area contributed by atoms with Crippen molar-refractivity contribution in [2.45, 2.75) is 71.6 Å². The van der Waals surface area contributed by atoms with Gasteiger partial charge in [-0.25, -0.2) is 0 Å². The lowest BCUT2D eigenvalue weighted by Gasteiger charge is -2.32. The molecule has 0 unspecified atom stereocenters. The third-order valence-electron chi connectivity index (χ3n) is 6.54. The maximum atomic E-state index is 2.54. The van der Waals surface area contributed by atoms with Crippen molar-refractivity contribution in [1.29, 1.82) is 0 Å². The molecule has 0 spiro atoms. The summed E-state index contributed by atoms with van der Waals surface area (Å²) in [6.07, 6.45) is 14.9. The van der Waals surface area contributed by atoms with Gasteiger partial charge < -0.3 is 0 Å². The van der Waals surface area contributed by atoms with Crippen LogP contribution >= 0.6 is 0 Å². The predicted molar refractivity (Wildman–Crippen MR) is 113 cm³/mol. The molecule has 0 aromatic heterocycles. The molecule has 136 valence electrons. The van der Waals surface area contributed by atoms with Crippen molar-refractivity contribution in [3.8, 4) is 11.1 Å². The van der Waals surface area contributed by atoms with Gasteiger partial charge in [-0.15, -0.1) is 0 Å². The molecule has 0 heterocycles. The largest absolute Gasteiger partial charge is 0.0646 e. The highest BCUT2D eigenvalue weighted by Gasteiger charge is 2.28. The molecule has 0 heteroatoms. The molecule has 0 saturated heterocycles. The summed E-state index contributed by atoms with van der Waals surface area (Å²) in [5.74, 6) is 0. The van der Waals surface area contributed by atoms with Crippen molar-refractivity contribution in [2.24, 2.45) is 5.41 Å². The summed E-state index contributed by atoms with van der Waals surface area (Å²) in [5, 5.41) is 0. The normalized spacial score (nSPS) is 19.4. The first-order valence-electron chi connectivity index (χ1n) is 10.5. The molecule has 0 atom stereocenters. The second-order valence-electron chi connectivity index (χ2n) is 8.98. The van der Waals surface area contributed by atoms with Crippen LogP contribution in [0.5, 0.6) is 0 Å². The van der Waals surface area contributed by atoms with E-state index in [9.17, 15) is 0 Å². The van der Waals surface area contributed by atoms with E-state index in [-0.39, 0.29) is 0 Å². The molecule has 0 radical (unpaired) electrons. The standard InChI is InChI=1S/C26H32/c1-20-11-13-22(14-12-20)24-10-8-9-23-17-21(18-25(23)24)19-26(2)15-6-4-3-5-7-16-26/h8-14,18H,3-7,15-17,19H2,1-2H3. The van der Waals surface area contributed by atoms with Gasteiger partial charge in [0.05, 0.1) is 0 Å². The minimum atomic E-state index is 0.512. The van der Waals surface area contributed by atoms with Gasteiger partial charge in [0.25, 0.3) is 0 Å². The minimum Gasteiger partial charge on any atom is -0.0646 e. The van der Waals surface area contributed by atoms with Gasteiger partial charge in [-0.3, -0.25) is 0 Å². The first kappa shape index (κ1) is 17.6. The molecule has 0 bridgehead atoms. The number of rotatable bonds is 3. The average molecular weight is 345 g/mol. The Morgan fingerprint density at radius 3 is 2.27 bits per heavy atom. The predicted octanol–water partition coefficient (Wildman–Crippen LogP) is 7.74. The van der Waals surface area contributed by atoms with Gasteiger partial charge in [0, 0.05) is 0 Å². The molecule has 2 aliphatic carbocycles. The fourth-order valence-corrected chi connectivity index (χ4v) is 5.02. The summed E-state index contributed by atoms with van der Waals surface area (Å²) in [6, 6.07) is 15.9. The number of hydrogen-bond donors (Lipinski definition) is 0. The maximum Gasteiger partial charge on any atom is -0.00574 e. The van der Waals surface area contributed by atoms with E-state index in [2.05, 4.69) is 62.4 Å². The summed E-state index contributed by atoms with van der Waals surface area (Å²) >= 11 is 0. The van der Waals surface area contributed by atoms with Crippen LogP contribution in [0, 0.1) is 12.3 Å². The SMILES string of the molecule is Cc1ccc(-c2cccc3c2C=C(CC2(C)CCCCCCC2)C3)cc1. The smallest absolute Gasteiger partial charge is 0.00574 e. The molecule has 4 rings (SSSR count). The molecule has 1 saturated carbocycles. The topological polar surface area (TPSA) is 0 Å². The molecular weight excluding hydrogens is 312 g/mol. The van der Waals surface area contributed by atoms with Crippen LogP contribution in [0.4, 0.5) is 0 Å². The third kappa shape index (κ3) is 3.80. The quantitative estimate of drug-likeness (QED) is 0.534. The van der Waals surface area contributed by atoms with Crippen LogP contribution < -0.4 is 0 Å². The molecule has 2 aromatic carbocycles. The zero-order chi connectivity index (χ0) is 18.0. The molecular formula is C26H32. The summed E-state index contributed by atoms with van der Waals surface area (Å²) in [6.45, 7) is 4.70. The molecule has 2 aromatic rings. The van der Waals surface area contributed by atoms with E-state index >= 15 is 0 Å². The van der Waals surface area contributed by atoms with Crippen LogP contribution in [-0.2, 0) is 6.42 Å². The monoisotopic (exact) mass is 344 g/mol. The van der Waals surface area contributed by atoms with Gasteiger partial charge in [-0.1, -0.05) is 98.7 Å². The van der Waals surface area contributed by atoms with Crippen LogP contribution in [0.3, 0.4) is 0 Å². The highest BCUT2D eigenvalue weighted by Crippen LogP contribution is 2.43. The second kappa shape index (κ2) is 7.43. The van der Waals surface area contributed by atoms with Gasteiger partial charge in [-0.2, -0.15) is 0 Å². The highest BCUT2D eigenvalue weighted by atomic mass is 14.3. The highest BCUT2D eigenvalue weighted by molar-refractivity contribution is 5.80. The molecule has 0 aliphatic heterocycles. The summed E-state index contributed by atoms with van der Waals surface area (Å²) in [7, 11) is 0. The van der Waals surface area contributed by atoms with Crippen LogP contribution in [0.25, 0.3) is 17.2 Å². The van der Waals surface area contributed by atoms with Gasteiger partial charge >= 0.3 is 0 Å². The fourth-order valence-electron chi connectivity index (χ4n) is 5.02. The number of hydrogen-bond acceptors (Lipinski definition) is 0. The lowest BCUT2D eigenvalue weighted by atomic mass is 9.73. The minimum absolute atomic E-state index is 0.512. The zero-order valence-corrected chi connectivity index (χ0v) is 16.5. The summed E-state index contributed by atoms with van der Waals surface area (Å²) in [4.78, 5) is 0. The van der Waals surface area contributed by atoms with Crippen molar-refractivity contribution in [3.63, 3.8) is 0 Å². The van der Waals surface area contributed by atoms with E-state index in [1.807, 2.05) is 0 Å². The van der Waals surface area contributed by atoms with E-state index in [0.29, 0.717) is 5.41 Å². The zero-order valence-electron chi connectivity index (χ0n) is 16.5. The van der Waals surface area contributed by atoms with Crippen molar-refractivity contribution < 1.29 is 0 Å². The number of aryl methyl sites for hydroxylation is 1. The van der Waals surface area contributed by atoms with Crippen molar-refractivity contribution in [2.75, 3.05) is 0 Å². The van der Waals surface area contributed by atoms with E-state index in [0.717, 1.165) is 6.42 Å². The fraction of sp³-hybridized carbons (Fsp3) is 0.462. The van der Waals surface area contributed by atoms with E-state index in [4.69, 9.17) is 0 Å². The summed E-state index contributed by atoms with van der Waals surface area (Å²) in [5.41, 5.74) is 9.24. The Morgan fingerprint density at radius 2 is 1.54 bits per heavy atom. The first-order chi connectivity index (χ1) is 12.6. The summed E-state index contributed by atoms with van der Waals surface area (Å²) < 4.78 is 0. The molecule has 26 heavy (non-hydrogen) atoms. The molecule has 1 fully saturated rings. The Hall–Kier alpha value is -1.82. The van der Waals surface area contributed by atoms with E-state index in [1.54, 1.807) is 5.57 Å². The molecule has 0 nitrogen and oxygen atoms in total. The van der Waals surface area contributed by atoms with E-state index in [1.165, 1.54) is 79.2 Å². The lowest BCUT2D eigenvalue weighted by molar-refractivity contribution is 0.234. The molecule has 0 amide bonds. The van der Waals surface area contributed by atoms with Gasteiger partial charge in [0.1, 0.15) is 0 Å². The van der Waals surface area contributed by atoms with Crippen molar-refractivity contribution in [3.05, 3.63) is 64.7 Å². The van der Waals surface area contributed by atoms with Gasteiger partial charge in [0.2, 0.25) is 0 Å². The Labute approximate surface area is 159 Å². The van der Waals surface area contributed by atoms with Gasteiger partial charge in [0.15, 0.2) is 0 Å². The Kier molecular flexibility index (Phi) is 5.02. The maximum absolute atomic E-state index is 2.54. The van der Waals surface area contributed by atoms with Crippen molar-refractivity contribution in [1.82, 2.24) is 0 Å². The number of allylic oxidation sites excluding steroid dienone is 1. The number of benzene rings is 2. The average Bonchev–Trinajstić information content (AvgIpc) is 3.01. The molecule has 0 N–H and O–H groups in total. The lowest BCUT2D eigenvalue weighted by Crippen LogP contribution is -2.18. The van der Waals surface area contributed by atoms with Crippen LogP contribution in [0.1, 0.15) is 75.0 Å². The van der Waals surface area contributed by atoms with Crippen molar-refractivity contribution >= 4 is 6.08 Å². The molecule has 2 aliphatic rings. The van der Waals surface area contributed by atoms with Crippen LogP contribution in [0.15, 0.2) is 48.0 Å². The Morgan fingerprint density at radius 1 is 0.846 bits per heavy atom. The van der Waals surface area contributed by atoms with E-state index < -0.39 is 0 Å². The van der Waals surface area contributed by atoms with Crippen LogP contribution in [-0.4, -0.2) is 0 Å². The Balaban J connectivity index is 1.58. The number of fused-ring (bicyclic) bond motifs is 1. The third-order valence-corrected chi connectivity index (χ3v) is 6.54. The van der Waals surface area contributed by atoms with Crippen LogP contribution in [0.2, 0.25) is 0 Å².